The van der Waals surface area contributed by atoms with Crippen molar-refractivity contribution < 1.29 is 8.78 Å². The number of halogens is 2. The molecule has 1 rings (SSSR count). The molecule has 0 fully saturated rings. The van der Waals surface area contributed by atoms with Gasteiger partial charge in [0.15, 0.2) is 11.6 Å². The number of benzene rings is 1. The molecule has 0 bridgehead atoms. The van der Waals surface area contributed by atoms with E-state index in [9.17, 15) is 8.78 Å². The molecule has 90 valence electrons. The van der Waals surface area contributed by atoms with Crippen LogP contribution in [0.15, 0.2) is 18.2 Å². The second kappa shape index (κ2) is 4.91. The molecule has 0 radical (unpaired) electrons. The standard InChI is InChI=1S/C13H19F2N/c1-13(2,3)8-12(16-4)9-5-6-10(14)11(15)7-9/h5-7,12,16H,8H2,1-4H3. The average Bonchev–Trinajstić information content (AvgIpc) is 2.17. The molecular formula is C13H19F2N. The Labute approximate surface area is 95.9 Å². The van der Waals surface area contributed by atoms with Crippen LogP contribution in [0.25, 0.3) is 0 Å². The monoisotopic (exact) mass is 227 g/mol. The Morgan fingerprint density at radius 3 is 2.25 bits per heavy atom. The lowest BCUT2D eigenvalue weighted by Gasteiger charge is -2.26. The zero-order chi connectivity index (χ0) is 12.3. The lowest BCUT2D eigenvalue weighted by Crippen LogP contribution is -2.22. The first-order valence-electron chi connectivity index (χ1n) is 5.46. The van der Waals surface area contributed by atoms with Crippen LogP contribution in [0, 0.1) is 17.0 Å². The molecule has 0 saturated heterocycles. The second-order valence-corrected chi connectivity index (χ2v) is 5.28. The highest BCUT2D eigenvalue weighted by Crippen LogP contribution is 2.29. The Hall–Kier alpha value is -0.960. The highest BCUT2D eigenvalue weighted by molar-refractivity contribution is 5.21. The Morgan fingerprint density at radius 2 is 1.81 bits per heavy atom. The van der Waals surface area contributed by atoms with E-state index in [2.05, 4.69) is 26.1 Å². The van der Waals surface area contributed by atoms with Crippen molar-refractivity contribution in [2.45, 2.75) is 33.2 Å². The molecule has 1 aromatic rings. The van der Waals surface area contributed by atoms with Gasteiger partial charge in [0.2, 0.25) is 0 Å². The second-order valence-electron chi connectivity index (χ2n) is 5.28. The number of hydrogen-bond donors (Lipinski definition) is 1. The van der Waals surface area contributed by atoms with Gasteiger partial charge in [-0.3, -0.25) is 0 Å². The number of nitrogens with one attached hydrogen (secondary N) is 1. The third-order valence-corrected chi connectivity index (χ3v) is 2.51. The van der Waals surface area contributed by atoms with E-state index < -0.39 is 11.6 Å². The van der Waals surface area contributed by atoms with Crippen LogP contribution >= 0.6 is 0 Å². The minimum atomic E-state index is -0.797. The molecule has 3 heteroatoms. The fourth-order valence-corrected chi connectivity index (χ4v) is 1.73. The third kappa shape index (κ3) is 3.56. The van der Waals surface area contributed by atoms with Gasteiger partial charge in [-0.1, -0.05) is 26.8 Å². The molecule has 16 heavy (non-hydrogen) atoms. The fraction of sp³-hybridized carbons (Fsp3) is 0.538. The van der Waals surface area contributed by atoms with E-state index in [-0.39, 0.29) is 11.5 Å². The van der Waals surface area contributed by atoms with Crippen molar-refractivity contribution in [1.29, 1.82) is 0 Å². The summed E-state index contributed by atoms with van der Waals surface area (Å²) < 4.78 is 25.9. The Kier molecular flexibility index (Phi) is 4.03. The van der Waals surface area contributed by atoms with E-state index in [1.807, 2.05) is 7.05 Å². The van der Waals surface area contributed by atoms with E-state index in [1.165, 1.54) is 12.1 Å². The maximum atomic E-state index is 13.1. The topological polar surface area (TPSA) is 12.0 Å². The zero-order valence-corrected chi connectivity index (χ0v) is 10.3. The summed E-state index contributed by atoms with van der Waals surface area (Å²) in [7, 11) is 1.83. The summed E-state index contributed by atoms with van der Waals surface area (Å²) in [6, 6.07) is 4.13. The zero-order valence-electron chi connectivity index (χ0n) is 10.3. The van der Waals surface area contributed by atoms with Crippen LogP contribution in [0.4, 0.5) is 8.78 Å². The number of hydrogen-bond acceptors (Lipinski definition) is 1. The van der Waals surface area contributed by atoms with Crippen LogP contribution in [-0.4, -0.2) is 7.05 Å². The quantitative estimate of drug-likeness (QED) is 0.831. The van der Waals surface area contributed by atoms with Gasteiger partial charge in [-0.2, -0.15) is 0 Å². The van der Waals surface area contributed by atoms with Crippen LogP contribution < -0.4 is 5.32 Å². The number of rotatable bonds is 3. The first-order chi connectivity index (χ1) is 7.33. The van der Waals surface area contributed by atoms with Gasteiger partial charge in [-0.05, 0) is 36.6 Å². The molecule has 1 N–H and O–H groups in total. The molecule has 1 aromatic carbocycles. The van der Waals surface area contributed by atoms with Gasteiger partial charge in [-0.25, -0.2) is 8.78 Å². The van der Waals surface area contributed by atoms with E-state index in [0.717, 1.165) is 12.0 Å². The highest BCUT2D eigenvalue weighted by atomic mass is 19.2. The van der Waals surface area contributed by atoms with Crippen molar-refractivity contribution in [2.24, 2.45) is 5.41 Å². The smallest absolute Gasteiger partial charge is 0.159 e. The summed E-state index contributed by atoms with van der Waals surface area (Å²) in [6.07, 6.45) is 0.870. The van der Waals surface area contributed by atoms with Gasteiger partial charge in [0.1, 0.15) is 0 Å². The molecule has 1 atom stereocenters. The van der Waals surface area contributed by atoms with Crippen LogP contribution in [0.1, 0.15) is 38.8 Å². The predicted octanol–water partition coefficient (Wildman–Crippen LogP) is 3.66. The van der Waals surface area contributed by atoms with Crippen molar-refractivity contribution in [3.05, 3.63) is 35.4 Å². The summed E-state index contributed by atoms with van der Waals surface area (Å²) in [5.41, 5.74) is 0.926. The minimum Gasteiger partial charge on any atom is -0.313 e. The van der Waals surface area contributed by atoms with Gasteiger partial charge in [0.05, 0.1) is 0 Å². The molecule has 0 aromatic heterocycles. The first-order valence-corrected chi connectivity index (χ1v) is 5.46. The van der Waals surface area contributed by atoms with Crippen LogP contribution in [0.5, 0.6) is 0 Å². The van der Waals surface area contributed by atoms with Crippen molar-refractivity contribution in [3.63, 3.8) is 0 Å². The SMILES string of the molecule is CNC(CC(C)(C)C)c1ccc(F)c(F)c1. The van der Waals surface area contributed by atoms with Crippen molar-refractivity contribution in [2.75, 3.05) is 7.05 Å². The molecule has 0 aliphatic heterocycles. The molecule has 1 nitrogen and oxygen atoms in total. The molecule has 1 unspecified atom stereocenters. The van der Waals surface area contributed by atoms with E-state index in [4.69, 9.17) is 0 Å². The maximum Gasteiger partial charge on any atom is 0.159 e. The molecule has 0 amide bonds. The molecule has 0 aliphatic rings. The fourth-order valence-electron chi connectivity index (χ4n) is 1.73. The average molecular weight is 227 g/mol. The first kappa shape index (κ1) is 13.1. The van der Waals surface area contributed by atoms with Gasteiger partial charge < -0.3 is 5.32 Å². The largest absolute Gasteiger partial charge is 0.313 e. The molecule has 0 heterocycles. The van der Waals surface area contributed by atoms with E-state index >= 15 is 0 Å². The molecule has 0 aliphatic carbocycles. The Bertz CT molecular complexity index is 355. The normalized spacial score (nSPS) is 13.9. The highest BCUT2D eigenvalue weighted by Gasteiger charge is 2.19. The summed E-state index contributed by atoms with van der Waals surface area (Å²) in [5, 5.41) is 3.13. The van der Waals surface area contributed by atoms with Crippen molar-refractivity contribution in [3.8, 4) is 0 Å². The third-order valence-electron chi connectivity index (χ3n) is 2.51. The minimum absolute atomic E-state index is 0.0510. The maximum absolute atomic E-state index is 13.1. The molecular weight excluding hydrogens is 208 g/mol. The van der Waals surface area contributed by atoms with E-state index in [1.54, 1.807) is 6.07 Å². The van der Waals surface area contributed by atoms with Crippen LogP contribution in [0.3, 0.4) is 0 Å². The van der Waals surface area contributed by atoms with Gasteiger partial charge in [0.25, 0.3) is 0 Å². The summed E-state index contributed by atoms with van der Waals surface area (Å²) in [4.78, 5) is 0. The lowest BCUT2D eigenvalue weighted by atomic mass is 9.85. The Morgan fingerprint density at radius 1 is 1.19 bits per heavy atom. The van der Waals surface area contributed by atoms with Gasteiger partial charge in [-0.15, -0.1) is 0 Å². The summed E-state index contributed by atoms with van der Waals surface area (Å²) in [6.45, 7) is 6.37. The molecule has 0 saturated carbocycles. The lowest BCUT2D eigenvalue weighted by molar-refractivity contribution is 0.320. The van der Waals surface area contributed by atoms with Crippen molar-refractivity contribution >= 4 is 0 Å². The van der Waals surface area contributed by atoms with Crippen LogP contribution in [-0.2, 0) is 0 Å². The van der Waals surface area contributed by atoms with Gasteiger partial charge in [0, 0.05) is 6.04 Å². The van der Waals surface area contributed by atoms with E-state index in [0.29, 0.717) is 0 Å². The van der Waals surface area contributed by atoms with Crippen LogP contribution in [0.2, 0.25) is 0 Å². The Balaban J connectivity index is 2.91. The summed E-state index contributed by atoms with van der Waals surface area (Å²) in [5.74, 6) is -1.58. The summed E-state index contributed by atoms with van der Waals surface area (Å²) >= 11 is 0. The van der Waals surface area contributed by atoms with Crippen molar-refractivity contribution in [1.82, 2.24) is 5.32 Å². The molecule has 0 spiro atoms. The van der Waals surface area contributed by atoms with Gasteiger partial charge >= 0.3 is 0 Å². The predicted molar refractivity (Wildman–Crippen MR) is 62.2 cm³/mol.